The highest BCUT2D eigenvalue weighted by molar-refractivity contribution is 5.92. The number of aromatic nitrogens is 2. The second-order valence-electron chi connectivity index (χ2n) is 5.95. The zero-order chi connectivity index (χ0) is 19.9. The number of benzene rings is 2. The van der Waals surface area contributed by atoms with E-state index in [4.69, 9.17) is 4.74 Å². The number of nitrogens with one attached hydrogen (secondary N) is 1. The third-order valence-corrected chi connectivity index (χ3v) is 3.86. The Morgan fingerprint density at radius 1 is 1.18 bits per heavy atom. The number of carbonyl (C=O) groups is 1. The predicted molar refractivity (Wildman–Crippen MR) is 100 cm³/mol. The molecule has 1 heterocycles. The summed E-state index contributed by atoms with van der Waals surface area (Å²) in [4.78, 5) is 20.1. The molecule has 0 aliphatic rings. The Morgan fingerprint density at radius 3 is 2.79 bits per heavy atom. The Labute approximate surface area is 160 Å². The van der Waals surface area contributed by atoms with Crippen molar-refractivity contribution in [2.45, 2.75) is 13.0 Å². The largest absolute Gasteiger partial charge is 0.437 e. The first-order chi connectivity index (χ1) is 13.5. The molecule has 142 valence electrons. The standard InChI is InChI=1S/C21H17F2N3O2/c1-14(26-20(27)8-6-15-5-7-17(22)12-19(15)23)16-3-2-4-18(11-16)28-21-13-24-9-10-25-21/h2-14H,1H3,(H,26,27)/t14-/m0/s1. The molecule has 2 aromatic carbocycles. The zero-order valence-electron chi connectivity index (χ0n) is 15.0. The molecule has 1 N–H and O–H groups in total. The van der Waals surface area contributed by atoms with Gasteiger partial charge in [-0.25, -0.2) is 13.8 Å². The van der Waals surface area contributed by atoms with Gasteiger partial charge in [0, 0.05) is 30.1 Å². The van der Waals surface area contributed by atoms with Gasteiger partial charge in [-0.15, -0.1) is 0 Å². The third kappa shape index (κ3) is 5.20. The SMILES string of the molecule is C[C@H](NC(=O)C=Cc1ccc(F)cc1F)c1cccc(Oc2cnccn2)c1. The van der Waals surface area contributed by atoms with Gasteiger partial charge in [-0.05, 0) is 42.8 Å². The fraction of sp³-hybridized carbons (Fsp3) is 0.0952. The Balaban J connectivity index is 1.63. The number of hydrogen-bond acceptors (Lipinski definition) is 4. The second-order valence-corrected chi connectivity index (χ2v) is 5.95. The Hall–Kier alpha value is -3.61. The number of ether oxygens (including phenoxy) is 1. The minimum Gasteiger partial charge on any atom is -0.437 e. The van der Waals surface area contributed by atoms with E-state index in [0.29, 0.717) is 11.6 Å². The van der Waals surface area contributed by atoms with Gasteiger partial charge in [0.05, 0.1) is 12.2 Å². The summed E-state index contributed by atoms with van der Waals surface area (Å²) in [5, 5.41) is 2.78. The van der Waals surface area contributed by atoms with E-state index in [-0.39, 0.29) is 11.6 Å². The molecule has 0 aliphatic heterocycles. The highest BCUT2D eigenvalue weighted by atomic mass is 19.1. The smallest absolute Gasteiger partial charge is 0.244 e. The van der Waals surface area contributed by atoms with Crippen molar-refractivity contribution < 1.29 is 18.3 Å². The molecule has 5 nitrogen and oxygen atoms in total. The highest BCUT2D eigenvalue weighted by Crippen LogP contribution is 2.23. The van der Waals surface area contributed by atoms with Crippen LogP contribution in [0.1, 0.15) is 24.1 Å². The summed E-state index contributed by atoms with van der Waals surface area (Å²) in [7, 11) is 0. The summed E-state index contributed by atoms with van der Waals surface area (Å²) in [6.07, 6.45) is 7.07. The normalized spacial score (nSPS) is 12.0. The monoisotopic (exact) mass is 381 g/mol. The van der Waals surface area contributed by atoms with E-state index in [1.54, 1.807) is 24.4 Å². The maximum atomic E-state index is 13.6. The van der Waals surface area contributed by atoms with Crippen LogP contribution in [0.2, 0.25) is 0 Å². The molecular weight excluding hydrogens is 364 g/mol. The van der Waals surface area contributed by atoms with Gasteiger partial charge in [0.15, 0.2) is 0 Å². The first-order valence-corrected chi connectivity index (χ1v) is 8.49. The topological polar surface area (TPSA) is 64.1 Å². The van der Waals surface area contributed by atoms with Gasteiger partial charge >= 0.3 is 0 Å². The molecule has 0 fully saturated rings. The quantitative estimate of drug-likeness (QED) is 0.641. The van der Waals surface area contributed by atoms with Gasteiger partial charge in [-0.2, -0.15) is 0 Å². The Morgan fingerprint density at radius 2 is 2.04 bits per heavy atom. The number of amides is 1. The second kappa shape index (κ2) is 8.85. The molecule has 3 rings (SSSR count). The molecule has 0 aliphatic carbocycles. The first kappa shape index (κ1) is 19.2. The van der Waals surface area contributed by atoms with Crippen molar-refractivity contribution in [1.29, 1.82) is 0 Å². The lowest BCUT2D eigenvalue weighted by molar-refractivity contribution is -0.117. The average Bonchev–Trinajstić information content (AvgIpc) is 2.68. The number of hydrogen-bond donors (Lipinski definition) is 1. The van der Waals surface area contributed by atoms with Crippen LogP contribution in [0.25, 0.3) is 6.08 Å². The predicted octanol–water partition coefficient (Wildman–Crippen LogP) is 4.44. The van der Waals surface area contributed by atoms with Crippen LogP contribution in [-0.4, -0.2) is 15.9 Å². The molecule has 0 spiro atoms. The summed E-state index contributed by atoms with van der Waals surface area (Å²) < 4.78 is 32.2. The van der Waals surface area contributed by atoms with E-state index in [2.05, 4.69) is 15.3 Å². The summed E-state index contributed by atoms with van der Waals surface area (Å²) in [5.74, 6) is -0.887. The average molecular weight is 381 g/mol. The van der Waals surface area contributed by atoms with Crippen molar-refractivity contribution in [1.82, 2.24) is 15.3 Å². The molecule has 3 aromatic rings. The molecule has 0 saturated carbocycles. The van der Waals surface area contributed by atoms with Crippen molar-refractivity contribution in [2.75, 3.05) is 0 Å². The maximum Gasteiger partial charge on any atom is 0.244 e. The fourth-order valence-electron chi connectivity index (χ4n) is 2.45. The van der Waals surface area contributed by atoms with E-state index >= 15 is 0 Å². The van der Waals surface area contributed by atoms with Crippen LogP contribution in [0.3, 0.4) is 0 Å². The van der Waals surface area contributed by atoms with Crippen molar-refractivity contribution in [3.05, 3.63) is 89.9 Å². The molecule has 7 heteroatoms. The lowest BCUT2D eigenvalue weighted by Crippen LogP contribution is -2.24. The molecule has 1 atom stereocenters. The molecule has 0 saturated heterocycles. The van der Waals surface area contributed by atoms with Crippen molar-refractivity contribution in [3.8, 4) is 11.6 Å². The van der Waals surface area contributed by atoms with Crippen LogP contribution in [0.15, 0.2) is 67.1 Å². The Bertz CT molecular complexity index is 994. The summed E-state index contributed by atoms with van der Waals surface area (Å²) in [5.41, 5.74) is 0.944. The van der Waals surface area contributed by atoms with E-state index < -0.39 is 17.5 Å². The minimum absolute atomic E-state index is 0.128. The summed E-state index contributed by atoms with van der Waals surface area (Å²) in [6.45, 7) is 1.81. The van der Waals surface area contributed by atoms with E-state index in [9.17, 15) is 13.6 Å². The van der Waals surface area contributed by atoms with E-state index in [1.165, 1.54) is 30.6 Å². The van der Waals surface area contributed by atoms with Crippen LogP contribution in [0, 0.1) is 11.6 Å². The van der Waals surface area contributed by atoms with Gasteiger partial charge < -0.3 is 10.1 Å². The number of carbonyl (C=O) groups excluding carboxylic acids is 1. The summed E-state index contributed by atoms with van der Waals surface area (Å²) >= 11 is 0. The van der Waals surface area contributed by atoms with Gasteiger partial charge in [0.25, 0.3) is 0 Å². The van der Waals surface area contributed by atoms with Crippen LogP contribution < -0.4 is 10.1 Å². The molecular formula is C21H17F2N3O2. The van der Waals surface area contributed by atoms with Crippen molar-refractivity contribution in [2.24, 2.45) is 0 Å². The lowest BCUT2D eigenvalue weighted by atomic mass is 10.1. The van der Waals surface area contributed by atoms with Crippen LogP contribution >= 0.6 is 0 Å². The third-order valence-electron chi connectivity index (χ3n) is 3.86. The van der Waals surface area contributed by atoms with Crippen LogP contribution in [0.4, 0.5) is 8.78 Å². The van der Waals surface area contributed by atoms with Crippen molar-refractivity contribution >= 4 is 12.0 Å². The lowest BCUT2D eigenvalue weighted by Gasteiger charge is -2.14. The maximum absolute atomic E-state index is 13.6. The summed E-state index contributed by atoms with van der Waals surface area (Å²) in [6, 6.07) is 10.0. The highest BCUT2D eigenvalue weighted by Gasteiger charge is 2.10. The minimum atomic E-state index is -0.731. The molecule has 28 heavy (non-hydrogen) atoms. The molecule has 1 aromatic heterocycles. The first-order valence-electron chi connectivity index (χ1n) is 8.49. The fourth-order valence-corrected chi connectivity index (χ4v) is 2.45. The molecule has 0 unspecified atom stereocenters. The Kier molecular flexibility index (Phi) is 6.06. The molecule has 0 radical (unpaired) electrons. The van der Waals surface area contributed by atoms with Gasteiger partial charge in [-0.3, -0.25) is 9.78 Å². The van der Waals surface area contributed by atoms with Crippen LogP contribution in [-0.2, 0) is 4.79 Å². The number of nitrogens with zero attached hydrogens (tertiary/aromatic N) is 2. The number of rotatable bonds is 6. The zero-order valence-corrected chi connectivity index (χ0v) is 15.0. The van der Waals surface area contributed by atoms with E-state index in [1.807, 2.05) is 13.0 Å². The molecule has 0 bridgehead atoms. The van der Waals surface area contributed by atoms with Crippen molar-refractivity contribution in [3.63, 3.8) is 0 Å². The van der Waals surface area contributed by atoms with Crippen LogP contribution in [0.5, 0.6) is 11.6 Å². The van der Waals surface area contributed by atoms with E-state index in [0.717, 1.165) is 17.7 Å². The van der Waals surface area contributed by atoms with Gasteiger partial charge in [0.2, 0.25) is 11.8 Å². The van der Waals surface area contributed by atoms with Gasteiger partial charge in [-0.1, -0.05) is 12.1 Å². The number of halogens is 2. The molecule has 1 amide bonds. The van der Waals surface area contributed by atoms with Gasteiger partial charge in [0.1, 0.15) is 17.4 Å².